The van der Waals surface area contributed by atoms with Gasteiger partial charge in [0.15, 0.2) is 12.6 Å². The number of phenolic OH excluding ortho intramolecular Hbond substituents is 2. The molecule has 2 aromatic rings. The van der Waals surface area contributed by atoms with Crippen molar-refractivity contribution in [3.05, 3.63) is 76.4 Å². The average Bonchev–Trinajstić information content (AvgIpc) is 2.83. The molecule has 0 saturated heterocycles. The molecule has 5 heteroatoms. The number of aromatic hydroxyl groups is 2. The zero-order valence-electron chi connectivity index (χ0n) is 20.9. The maximum absolute atomic E-state index is 12.1. The second-order valence-corrected chi connectivity index (χ2v) is 10.8. The van der Waals surface area contributed by atoms with Crippen LogP contribution in [-0.4, -0.2) is 28.4 Å². The van der Waals surface area contributed by atoms with Gasteiger partial charge in [-0.1, -0.05) is 68.0 Å². The monoisotopic (exact) mass is 474 g/mol. The maximum Gasteiger partial charge on any atom is 0.157 e. The van der Waals surface area contributed by atoms with E-state index in [-0.39, 0.29) is 39.9 Å². The first-order valence-electron chi connectivity index (χ1n) is 12.2. The predicted molar refractivity (Wildman–Crippen MR) is 137 cm³/mol. The first-order valence-corrected chi connectivity index (χ1v) is 12.2. The Morgan fingerprint density at radius 2 is 1.66 bits per heavy atom. The van der Waals surface area contributed by atoms with E-state index in [2.05, 4.69) is 39.0 Å². The van der Waals surface area contributed by atoms with E-state index in [1.54, 1.807) is 0 Å². The van der Waals surface area contributed by atoms with Gasteiger partial charge in [-0.2, -0.15) is 0 Å². The number of aldehydes is 2. The van der Waals surface area contributed by atoms with Crippen LogP contribution in [0.3, 0.4) is 0 Å². The SMILES string of the molecule is C/C1=C/CC(C)(C)/C=C\C[C@]2(C)Oc3c(C=O)c(O)c(C=O)c(O)c3[C@@H](c3ccccc3)[C@@H]2CC1. The number of benzene rings is 2. The van der Waals surface area contributed by atoms with Crippen LogP contribution in [-0.2, 0) is 0 Å². The number of fused-ring (bicyclic) bond motifs is 2. The van der Waals surface area contributed by atoms with E-state index in [0.29, 0.717) is 24.6 Å². The Morgan fingerprint density at radius 1 is 0.971 bits per heavy atom. The van der Waals surface area contributed by atoms with E-state index in [0.717, 1.165) is 24.8 Å². The van der Waals surface area contributed by atoms with Gasteiger partial charge in [0, 0.05) is 23.8 Å². The van der Waals surface area contributed by atoms with E-state index in [9.17, 15) is 19.8 Å². The van der Waals surface area contributed by atoms with Crippen molar-refractivity contribution in [2.45, 2.75) is 64.9 Å². The minimum absolute atomic E-state index is 0.00772. The van der Waals surface area contributed by atoms with Gasteiger partial charge in [0.1, 0.15) is 22.8 Å². The van der Waals surface area contributed by atoms with Crippen LogP contribution >= 0.6 is 0 Å². The number of carbonyl (C=O) groups excluding carboxylic acids is 2. The minimum atomic E-state index is -0.718. The Kier molecular flexibility index (Phi) is 6.63. The number of allylic oxidation sites excluding steroid dienone is 3. The van der Waals surface area contributed by atoms with E-state index in [1.165, 1.54) is 5.57 Å². The number of phenols is 2. The first kappa shape index (κ1) is 24.8. The van der Waals surface area contributed by atoms with Crippen molar-refractivity contribution in [1.29, 1.82) is 0 Å². The summed E-state index contributed by atoms with van der Waals surface area (Å²) in [5.41, 5.74) is 1.54. The highest BCUT2D eigenvalue weighted by molar-refractivity contribution is 5.95. The summed E-state index contributed by atoms with van der Waals surface area (Å²) >= 11 is 0. The van der Waals surface area contributed by atoms with Gasteiger partial charge >= 0.3 is 0 Å². The highest BCUT2D eigenvalue weighted by atomic mass is 16.5. The van der Waals surface area contributed by atoms with Gasteiger partial charge in [0.05, 0.1) is 11.1 Å². The van der Waals surface area contributed by atoms with E-state index in [4.69, 9.17) is 4.74 Å². The summed E-state index contributed by atoms with van der Waals surface area (Å²) in [6.07, 6.45) is 10.7. The third-order valence-electron chi connectivity index (χ3n) is 7.66. The molecule has 184 valence electrons. The van der Waals surface area contributed by atoms with Crippen molar-refractivity contribution in [2.24, 2.45) is 11.3 Å². The van der Waals surface area contributed by atoms with E-state index >= 15 is 0 Å². The van der Waals surface area contributed by atoms with Gasteiger partial charge in [-0.05, 0) is 44.1 Å². The van der Waals surface area contributed by atoms with Crippen LogP contribution in [0, 0.1) is 11.3 Å². The summed E-state index contributed by atoms with van der Waals surface area (Å²) in [5, 5.41) is 21.9. The molecule has 1 aliphatic carbocycles. The molecule has 0 amide bonds. The number of rotatable bonds is 3. The summed E-state index contributed by atoms with van der Waals surface area (Å²) in [6.45, 7) is 8.60. The lowest BCUT2D eigenvalue weighted by Crippen LogP contribution is -2.47. The maximum atomic E-state index is 12.1. The molecule has 5 nitrogen and oxygen atoms in total. The first-order chi connectivity index (χ1) is 16.6. The van der Waals surface area contributed by atoms with Crippen LogP contribution in [0.1, 0.15) is 91.1 Å². The highest BCUT2D eigenvalue weighted by Gasteiger charge is 2.49. The van der Waals surface area contributed by atoms with Crippen molar-refractivity contribution < 1.29 is 24.5 Å². The van der Waals surface area contributed by atoms with Gasteiger partial charge < -0.3 is 14.9 Å². The van der Waals surface area contributed by atoms with Crippen LogP contribution in [0.25, 0.3) is 0 Å². The van der Waals surface area contributed by atoms with Crippen molar-refractivity contribution >= 4 is 12.6 Å². The Balaban J connectivity index is 2.01. The molecule has 1 aliphatic heterocycles. The molecule has 0 aromatic heterocycles. The van der Waals surface area contributed by atoms with Gasteiger partial charge in [-0.3, -0.25) is 9.59 Å². The van der Waals surface area contributed by atoms with Gasteiger partial charge in [-0.15, -0.1) is 0 Å². The highest BCUT2D eigenvalue weighted by Crippen LogP contribution is 2.57. The van der Waals surface area contributed by atoms with Crippen LogP contribution in [0.15, 0.2) is 54.1 Å². The topological polar surface area (TPSA) is 83.8 Å². The number of hydrogen-bond donors (Lipinski definition) is 2. The predicted octanol–water partition coefficient (Wildman–Crippen LogP) is 6.72. The van der Waals surface area contributed by atoms with E-state index < -0.39 is 11.4 Å². The largest absolute Gasteiger partial charge is 0.507 e. The second-order valence-electron chi connectivity index (χ2n) is 10.8. The quantitative estimate of drug-likeness (QED) is 0.381. The molecule has 2 N–H and O–H groups in total. The summed E-state index contributed by atoms with van der Waals surface area (Å²) in [5.74, 6) is -1.12. The molecular weight excluding hydrogens is 440 g/mol. The van der Waals surface area contributed by atoms with E-state index in [1.807, 2.05) is 37.3 Å². The Morgan fingerprint density at radius 3 is 2.31 bits per heavy atom. The average molecular weight is 475 g/mol. The molecule has 0 radical (unpaired) electrons. The normalized spacial score (nSPS) is 28.2. The molecule has 0 saturated carbocycles. The fourth-order valence-corrected chi connectivity index (χ4v) is 5.57. The Labute approximate surface area is 207 Å². The van der Waals surface area contributed by atoms with Crippen LogP contribution in [0.2, 0.25) is 0 Å². The van der Waals surface area contributed by atoms with Gasteiger partial charge in [0.2, 0.25) is 0 Å². The molecule has 0 bridgehead atoms. The zero-order valence-corrected chi connectivity index (χ0v) is 20.9. The lowest BCUT2D eigenvalue weighted by atomic mass is 9.66. The molecule has 0 spiro atoms. The summed E-state index contributed by atoms with van der Waals surface area (Å²) in [4.78, 5) is 23.9. The summed E-state index contributed by atoms with van der Waals surface area (Å²) < 4.78 is 6.60. The molecule has 35 heavy (non-hydrogen) atoms. The van der Waals surface area contributed by atoms with Crippen molar-refractivity contribution in [3.63, 3.8) is 0 Å². The molecular formula is C30H34O5. The second kappa shape index (κ2) is 9.37. The molecule has 1 heterocycles. The van der Waals surface area contributed by atoms with Crippen molar-refractivity contribution in [1.82, 2.24) is 0 Å². The van der Waals surface area contributed by atoms with Crippen LogP contribution in [0.4, 0.5) is 0 Å². The zero-order chi connectivity index (χ0) is 25.4. The van der Waals surface area contributed by atoms with Gasteiger partial charge in [-0.25, -0.2) is 0 Å². The molecule has 2 aromatic carbocycles. The Bertz CT molecular complexity index is 1190. The molecule has 0 fully saturated rings. The standard InChI is InChI=1S/C30H34O5/c1-19-11-12-23-24(20-9-6-5-7-10-20)25-27(34)21(17-31)26(33)22(18-32)28(25)35-30(23,4)15-8-14-29(2,3)16-13-19/h5-10,13-14,17-18,23-24,33-34H,11-12,15-16H2,1-4H3/b14-8-,19-13-/t23-,24-,30-/m0/s1. The molecule has 4 rings (SSSR count). The fourth-order valence-electron chi connectivity index (χ4n) is 5.57. The number of carbonyl (C=O) groups is 2. The molecule has 3 atom stereocenters. The molecule has 0 unspecified atom stereocenters. The van der Waals surface area contributed by atoms with Crippen molar-refractivity contribution in [3.8, 4) is 17.2 Å². The fraction of sp³-hybridized carbons (Fsp3) is 0.400. The Hall–Kier alpha value is -3.34. The van der Waals surface area contributed by atoms with Crippen molar-refractivity contribution in [2.75, 3.05) is 0 Å². The third-order valence-corrected chi connectivity index (χ3v) is 7.66. The van der Waals surface area contributed by atoms with Crippen LogP contribution in [0.5, 0.6) is 17.2 Å². The smallest absolute Gasteiger partial charge is 0.157 e. The number of hydrogen-bond acceptors (Lipinski definition) is 5. The lowest BCUT2D eigenvalue weighted by Gasteiger charge is -2.48. The molecule has 2 aliphatic rings. The number of ether oxygens (including phenoxy) is 1. The minimum Gasteiger partial charge on any atom is -0.507 e. The lowest BCUT2D eigenvalue weighted by molar-refractivity contribution is -0.00275. The van der Waals surface area contributed by atoms with Crippen LogP contribution < -0.4 is 4.74 Å². The summed E-state index contributed by atoms with van der Waals surface area (Å²) in [7, 11) is 0. The third kappa shape index (κ3) is 4.52. The summed E-state index contributed by atoms with van der Waals surface area (Å²) in [6, 6.07) is 9.82. The van der Waals surface area contributed by atoms with Gasteiger partial charge in [0.25, 0.3) is 0 Å².